The highest BCUT2D eigenvalue weighted by Crippen LogP contribution is 2.33. The van der Waals surface area contributed by atoms with Crippen molar-refractivity contribution in [3.05, 3.63) is 28.2 Å². The summed E-state index contributed by atoms with van der Waals surface area (Å²) in [5.74, 6) is -2.35. The van der Waals surface area contributed by atoms with Crippen LogP contribution in [-0.2, 0) is 23.8 Å². The zero-order chi connectivity index (χ0) is 15.6. The second-order valence-corrected chi connectivity index (χ2v) is 5.19. The number of ether oxygens (including phenoxy) is 3. The average Bonchev–Trinajstić information content (AvgIpc) is 2.47. The first-order valence-electron chi connectivity index (χ1n) is 5.88. The van der Waals surface area contributed by atoms with E-state index in [1.807, 2.05) is 0 Å². The lowest BCUT2D eigenvalue weighted by Gasteiger charge is -2.35. The molecule has 0 fully saturated rings. The maximum absolute atomic E-state index is 12.1. The number of hydrogen-bond donors (Lipinski definition) is 1. The van der Waals surface area contributed by atoms with Gasteiger partial charge in [-0.05, 0) is 18.2 Å². The zero-order valence-corrected chi connectivity index (χ0v) is 12.9. The minimum atomic E-state index is -1.93. The van der Waals surface area contributed by atoms with Crippen molar-refractivity contribution in [1.29, 1.82) is 0 Å². The maximum atomic E-state index is 12.1. The summed E-state index contributed by atoms with van der Waals surface area (Å²) in [5, 5.41) is 2.74. The van der Waals surface area contributed by atoms with Crippen molar-refractivity contribution < 1.29 is 28.6 Å². The van der Waals surface area contributed by atoms with Crippen LogP contribution in [0.2, 0.25) is 0 Å². The van der Waals surface area contributed by atoms with Crippen LogP contribution in [0.3, 0.4) is 0 Å². The van der Waals surface area contributed by atoms with E-state index in [9.17, 15) is 14.4 Å². The number of methoxy groups -OCH3 is 2. The molecule has 1 aromatic carbocycles. The number of fused-ring (bicyclic) bond motifs is 1. The van der Waals surface area contributed by atoms with Gasteiger partial charge in [0.25, 0.3) is 5.72 Å². The molecule has 1 aliphatic heterocycles. The fourth-order valence-corrected chi connectivity index (χ4v) is 2.30. The van der Waals surface area contributed by atoms with Crippen LogP contribution in [0.4, 0.5) is 5.69 Å². The van der Waals surface area contributed by atoms with Crippen LogP contribution < -0.4 is 5.32 Å². The Kier molecular flexibility index (Phi) is 4.17. The second kappa shape index (κ2) is 5.72. The van der Waals surface area contributed by atoms with Gasteiger partial charge in [-0.2, -0.15) is 0 Å². The van der Waals surface area contributed by atoms with E-state index >= 15 is 0 Å². The lowest BCUT2D eigenvalue weighted by molar-refractivity contribution is -0.167. The molecule has 1 aromatic rings. The fraction of sp³-hybridized carbons (Fsp3) is 0.308. The van der Waals surface area contributed by atoms with Crippen LogP contribution in [0.1, 0.15) is 16.8 Å². The van der Waals surface area contributed by atoms with E-state index in [2.05, 4.69) is 30.7 Å². The van der Waals surface area contributed by atoms with Gasteiger partial charge in [0.2, 0.25) is 0 Å². The molecule has 0 radical (unpaired) electrons. The summed E-state index contributed by atoms with van der Waals surface area (Å²) in [7, 11) is 2.30. The Bertz CT molecular complexity index is 617. The number of halogens is 1. The minimum Gasteiger partial charge on any atom is -0.469 e. The summed E-state index contributed by atoms with van der Waals surface area (Å²) in [4.78, 5) is 35.6. The predicted molar refractivity (Wildman–Crippen MR) is 74.6 cm³/mol. The molecule has 0 saturated carbocycles. The molecule has 0 spiro atoms. The SMILES string of the molecule is COC(=O)CC1(C(=O)OC)Nc2ccc(Br)cc2C(=O)O1. The van der Waals surface area contributed by atoms with Crippen LogP contribution in [0.5, 0.6) is 0 Å². The Hall–Kier alpha value is -2.09. The summed E-state index contributed by atoms with van der Waals surface area (Å²) in [5.41, 5.74) is -1.32. The molecule has 0 saturated heterocycles. The molecule has 0 amide bonds. The molecule has 1 unspecified atom stereocenters. The van der Waals surface area contributed by atoms with Crippen molar-refractivity contribution in [2.75, 3.05) is 19.5 Å². The van der Waals surface area contributed by atoms with Gasteiger partial charge in [-0.3, -0.25) is 4.79 Å². The lowest BCUT2D eigenvalue weighted by Crippen LogP contribution is -2.55. The number of cyclic esters (lactones) is 1. The largest absolute Gasteiger partial charge is 0.469 e. The molecular formula is C13H12BrNO6. The third-order valence-corrected chi connectivity index (χ3v) is 3.43. The van der Waals surface area contributed by atoms with Gasteiger partial charge in [0.1, 0.15) is 6.42 Å². The maximum Gasteiger partial charge on any atom is 0.372 e. The van der Waals surface area contributed by atoms with Crippen LogP contribution >= 0.6 is 15.9 Å². The average molecular weight is 358 g/mol. The minimum absolute atomic E-state index is 0.244. The summed E-state index contributed by atoms with van der Waals surface area (Å²) in [6.45, 7) is 0. The van der Waals surface area contributed by atoms with Gasteiger partial charge >= 0.3 is 17.9 Å². The predicted octanol–water partition coefficient (Wildman–Crippen LogP) is 1.46. The number of nitrogens with one attached hydrogen (secondary N) is 1. The fourth-order valence-electron chi connectivity index (χ4n) is 1.94. The molecule has 1 heterocycles. The molecular weight excluding hydrogens is 346 g/mol. The van der Waals surface area contributed by atoms with Gasteiger partial charge in [0.05, 0.1) is 25.5 Å². The van der Waals surface area contributed by atoms with E-state index in [0.717, 1.165) is 7.11 Å². The molecule has 0 bridgehead atoms. The van der Waals surface area contributed by atoms with Crippen molar-refractivity contribution in [1.82, 2.24) is 0 Å². The Morgan fingerprint density at radius 1 is 1.33 bits per heavy atom. The third kappa shape index (κ3) is 2.85. The standard InChI is InChI=1S/C13H12BrNO6/c1-19-10(16)6-13(12(18)20-2)15-9-4-3-7(14)5-8(9)11(17)21-13/h3-5,15H,6H2,1-2H3. The van der Waals surface area contributed by atoms with Gasteiger partial charge < -0.3 is 19.5 Å². The Morgan fingerprint density at radius 3 is 2.67 bits per heavy atom. The first-order chi connectivity index (χ1) is 9.91. The van der Waals surface area contributed by atoms with Gasteiger partial charge in [0, 0.05) is 4.47 Å². The van der Waals surface area contributed by atoms with Crippen LogP contribution in [0.25, 0.3) is 0 Å². The number of hydrogen-bond acceptors (Lipinski definition) is 7. The van der Waals surface area contributed by atoms with E-state index in [1.165, 1.54) is 7.11 Å². The topological polar surface area (TPSA) is 90.9 Å². The summed E-state index contributed by atoms with van der Waals surface area (Å²) >= 11 is 3.24. The van der Waals surface area contributed by atoms with Gasteiger partial charge in [-0.1, -0.05) is 15.9 Å². The molecule has 0 aliphatic carbocycles. The van der Waals surface area contributed by atoms with E-state index in [-0.39, 0.29) is 5.56 Å². The normalized spacial score (nSPS) is 19.9. The van der Waals surface area contributed by atoms with Gasteiger partial charge in [-0.25, -0.2) is 9.59 Å². The van der Waals surface area contributed by atoms with E-state index in [0.29, 0.717) is 10.2 Å². The summed E-state index contributed by atoms with van der Waals surface area (Å²) in [6.07, 6.45) is -0.503. The number of carbonyl (C=O) groups excluding carboxylic acids is 3. The molecule has 0 aromatic heterocycles. The highest BCUT2D eigenvalue weighted by Gasteiger charge is 2.50. The Morgan fingerprint density at radius 2 is 2.05 bits per heavy atom. The number of benzene rings is 1. The number of rotatable bonds is 3. The molecule has 112 valence electrons. The molecule has 7 nitrogen and oxygen atoms in total. The lowest BCUT2D eigenvalue weighted by atomic mass is 10.0. The molecule has 2 rings (SSSR count). The summed E-state index contributed by atoms with van der Waals surface area (Å²) in [6, 6.07) is 4.82. The second-order valence-electron chi connectivity index (χ2n) is 4.28. The Balaban J connectivity index is 2.45. The first-order valence-corrected chi connectivity index (χ1v) is 6.67. The van der Waals surface area contributed by atoms with Crippen LogP contribution in [0, 0.1) is 0 Å². The Labute approximate surface area is 128 Å². The zero-order valence-electron chi connectivity index (χ0n) is 11.3. The van der Waals surface area contributed by atoms with Crippen LogP contribution in [-0.4, -0.2) is 37.9 Å². The summed E-state index contributed by atoms with van der Waals surface area (Å²) < 4.78 is 15.0. The molecule has 8 heteroatoms. The van der Waals surface area contributed by atoms with Crippen molar-refractivity contribution in [2.45, 2.75) is 12.1 Å². The third-order valence-electron chi connectivity index (χ3n) is 2.94. The highest BCUT2D eigenvalue weighted by molar-refractivity contribution is 9.10. The molecule has 1 N–H and O–H groups in total. The van der Waals surface area contributed by atoms with Crippen molar-refractivity contribution >= 4 is 39.5 Å². The van der Waals surface area contributed by atoms with E-state index < -0.39 is 30.1 Å². The quantitative estimate of drug-likeness (QED) is 0.646. The van der Waals surface area contributed by atoms with Crippen molar-refractivity contribution in [2.24, 2.45) is 0 Å². The van der Waals surface area contributed by atoms with Gasteiger partial charge in [-0.15, -0.1) is 0 Å². The van der Waals surface area contributed by atoms with Gasteiger partial charge in [0.15, 0.2) is 0 Å². The number of carbonyl (C=O) groups is 3. The van der Waals surface area contributed by atoms with E-state index in [4.69, 9.17) is 4.74 Å². The molecule has 1 aliphatic rings. The molecule has 1 atom stereocenters. The number of anilines is 1. The van der Waals surface area contributed by atoms with E-state index in [1.54, 1.807) is 18.2 Å². The highest BCUT2D eigenvalue weighted by atomic mass is 79.9. The smallest absolute Gasteiger partial charge is 0.372 e. The number of esters is 3. The van der Waals surface area contributed by atoms with Crippen LogP contribution in [0.15, 0.2) is 22.7 Å². The first kappa shape index (κ1) is 15.3. The monoisotopic (exact) mass is 357 g/mol. The van der Waals surface area contributed by atoms with Crippen molar-refractivity contribution in [3.8, 4) is 0 Å². The molecule has 21 heavy (non-hydrogen) atoms. The van der Waals surface area contributed by atoms with Crippen molar-refractivity contribution in [3.63, 3.8) is 0 Å².